The van der Waals surface area contributed by atoms with Gasteiger partial charge in [0.1, 0.15) is 5.75 Å². The van der Waals surface area contributed by atoms with Crippen LogP contribution in [0.15, 0.2) is 18.2 Å². The largest absolute Gasteiger partial charge is 0.508 e. The maximum atomic E-state index is 12.6. The van der Waals surface area contributed by atoms with E-state index in [1.54, 1.807) is 0 Å². The van der Waals surface area contributed by atoms with Gasteiger partial charge in [0.05, 0.1) is 17.1 Å². The minimum Gasteiger partial charge on any atom is -0.508 e. The van der Waals surface area contributed by atoms with Gasteiger partial charge in [-0.15, -0.1) is 0 Å². The van der Waals surface area contributed by atoms with E-state index in [9.17, 15) is 14.7 Å². The molecule has 2 rings (SSSR count). The van der Waals surface area contributed by atoms with Crippen LogP contribution < -0.4 is 11.1 Å². The van der Waals surface area contributed by atoms with Crippen molar-refractivity contribution in [3.63, 3.8) is 0 Å². The Bertz CT molecular complexity index is 544. The molecule has 0 bridgehead atoms. The van der Waals surface area contributed by atoms with Crippen molar-refractivity contribution >= 4 is 23.4 Å². The molecule has 0 aliphatic carbocycles. The fraction of sp³-hybridized carbons (Fsp3) is 0.429. The molecule has 21 heavy (non-hydrogen) atoms. The fourth-order valence-corrected chi connectivity index (χ4v) is 2.66. The highest BCUT2D eigenvalue weighted by molar-refractivity contribution is 6.33. The van der Waals surface area contributed by atoms with Crippen molar-refractivity contribution in [2.45, 2.75) is 18.9 Å². The second-order valence-electron chi connectivity index (χ2n) is 5.06. The summed E-state index contributed by atoms with van der Waals surface area (Å²) in [6.07, 6.45) is 1.71. The van der Waals surface area contributed by atoms with Gasteiger partial charge in [0.25, 0.3) is 5.91 Å². The number of aromatic hydroxyl groups is 1. The Labute approximate surface area is 127 Å². The Morgan fingerprint density at radius 2 is 2.24 bits per heavy atom. The highest BCUT2D eigenvalue weighted by atomic mass is 35.5. The van der Waals surface area contributed by atoms with Crippen LogP contribution in [0, 0.1) is 0 Å². The summed E-state index contributed by atoms with van der Waals surface area (Å²) < 4.78 is 0. The molecule has 7 heteroatoms. The van der Waals surface area contributed by atoms with E-state index in [-0.39, 0.29) is 28.9 Å². The van der Waals surface area contributed by atoms with Gasteiger partial charge in [-0.3, -0.25) is 9.59 Å². The van der Waals surface area contributed by atoms with Crippen LogP contribution >= 0.6 is 11.6 Å². The zero-order valence-electron chi connectivity index (χ0n) is 11.5. The molecular formula is C14H18ClN3O3. The fourth-order valence-electron chi connectivity index (χ4n) is 2.47. The minimum absolute atomic E-state index is 0.0523. The number of phenols is 1. The van der Waals surface area contributed by atoms with Crippen LogP contribution in [-0.4, -0.2) is 47.5 Å². The van der Waals surface area contributed by atoms with Crippen molar-refractivity contribution in [1.29, 1.82) is 0 Å². The van der Waals surface area contributed by atoms with Crippen LogP contribution in [0.3, 0.4) is 0 Å². The quantitative estimate of drug-likeness (QED) is 0.763. The van der Waals surface area contributed by atoms with Crippen LogP contribution in [0.4, 0.5) is 0 Å². The van der Waals surface area contributed by atoms with Gasteiger partial charge in [-0.2, -0.15) is 0 Å². The van der Waals surface area contributed by atoms with Gasteiger partial charge in [-0.05, 0) is 37.6 Å². The number of phenolic OH excluding ortho intramolecular Hbond substituents is 1. The maximum absolute atomic E-state index is 12.6. The number of nitrogens with one attached hydrogen (secondary N) is 1. The lowest BCUT2D eigenvalue weighted by atomic mass is 10.0. The summed E-state index contributed by atoms with van der Waals surface area (Å²) in [5.41, 5.74) is 5.42. The number of benzene rings is 1. The molecule has 4 N–H and O–H groups in total. The van der Waals surface area contributed by atoms with Crippen molar-refractivity contribution in [1.82, 2.24) is 10.2 Å². The molecule has 1 aromatic rings. The van der Waals surface area contributed by atoms with Crippen molar-refractivity contribution in [3.8, 4) is 5.75 Å². The van der Waals surface area contributed by atoms with E-state index in [1.807, 2.05) is 0 Å². The number of piperidine rings is 1. The van der Waals surface area contributed by atoms with E-state index in [4.69, 9.17) is 17.3 Å². The molecule has 1 aliphatic rings. The van der Waals surface area contributed by atoms with E-state index in [1.165, 1.54) is 23.1 Å². The van der Waals surface area contributed by atoms with E-state index in [2.05, 4.69) is 5.32 Å². The summed E-state index contributed by atoms with van der Waals surface area (Å²) >= 11 is 6.02. The topological polar surface area (TPSA) is 95.7 Å². The summed E-state index contributed by atoms with van der Waals surface area (Å²) in [5.74, 6) is -1.03. The Morgan fingerprint density at radius 3 is 2.86 bits per heavy atom. The van der Waals surface area contributed by atoms with Crippen LogP contribution in [0.1, 0.15) is 23.2 Å². The van der Waals surface area contributed by atoms with E-state index < -0.39 is 11.8 Å². The first-order valence-electron chi connectivity index (χ1n) is 6.77. The Hall–Kier alpha value is -1.79. The third kappa shape index (κ3) is 3.86. The lowest BCUT2D eigenvalue weighted by Crippen LogP contribution is -2.51. The zero-order valence-corrected chi connectivity index (χ0v) is 12.3. The Morgan fingerprint density at radius 1 is 1.48 bits per heavy atom. The van der Waals surface area contributed by atoms with Gasteiger partial charge in [-0.25, -0.2) is 0 Å². The number of rotatable bonds is 4. The third-order valence-electron chi connectivity index (χ3n) is 3.48. The molecule has 1 saturated heterocycles. The second kappa shape index (κ2) is 6.78. The minimum atomic E-state index is -0.579. The average Bonchev–Trinajstić information content (AvgIpc) is 2.47. The molecule has 1 fully saturated rings. The number of nitrogens with zero attached hydrogens (tertiary/aromatic N) is 1. The van der Waals surface area contributed by atoms with Crippen molar-refractivity contribution in [2.24, 2.45) is 5.73 Å². The number of carbonyl (C=O) groups is 2. The molecule has 0 saturated carbocycles. The average molecular weight is 312 g/mol. The van der Waals surface area contributed by atoms with Gasteiger partial charge in [0.15, 0.2) is 0 Å². The van der Waals surface area contributed by atoms with Crippen LogP contribution in [0.5, 0.6) is 5.75 Å². The summed E-state index contributed by atoms with van der Waals surface area (Å²) in [4.78, 5) is 25.3. The predicted molar refractivity (Wildman–Crippen MR) is 79.2 cm³/mol. The molecule has 6 nitrogen and oxygen atoms in total. The number of primary amides is 1. The standard InChI is InChI=1S/C14H18ClN3O3/c15-12-4-3-10(19)6-11(12)14(21)18(8-13(16)20)9-2-1-5-17-7-9/h3-4,6,9,17,19H,1-2,5,7-8H2,(H2,16,20). The van der Waals surface area contributed by atoms with Crippen molar-refractivity contribution in [2.75, 3.05) is 19.6 Å². The summed E-state index contributed by atoms with van der Waals surface area (Å²) in [6.45, 7) is 1.33. The highest BCUT2D eigenvalue weighted by Crippen LogP contribution is 2.24. The van der Waals surface area contributed by atoms with E-state index >= 15 is 0 Å². The summed E-state index contributed by atoms with van der Waals surface area (Å²) in [7, 11) is 0. The number of carbonyl (C=O) groups excluding carboxylic acids is 2. The molecule has 0 spiro atoms. The third-order valence-corrected chi connectivity index (χ3v) is 3.81. The number of hydrogen-bond acceptors (Lipinski definition) is 4. The summed E-state index contributed by atoms with van der Waals surface area (Å²) in [5, 5.41) is 13.0. The normalized spacial score (nSPS) is 18.2. The first kappa shape index (κ1) is 15.6. The van der Waals surface area contributed by atoms with Crippen molar-refractivity contribution < 1.29 is 14.7 Å². The van der Waals surface area contributed by atoms with Crippen LogP contribution in [0.25, 0.3) is 0 Å². The lowest BCUT2D eigenvalue weighted by molar-refractivity contribution is -0.119. The number of halogens is 1. The number of nitrogens with two attached hydrogens (primary N) is 1. The molecular weight excluding hydrogens is 294 g/mol. The molecule has 114 valence electrons. The van der Waals surface area contributed by atoms with Gasteiger partial charge in [0.2, 0.25) is 5.91 Å². The predicted octanol–water partition coefficient (Wildman–Crippen LogP) is 0.725. The first-order chi connectivity index (χ1) is 9.99. The molecule has 2 amide bonds. The smallest absolute Gasteiger partial charge is 0.256 e. The Balaban J connectivity index is 2.28. The Kier molecular flexibility index (Phi) is 5.03. The second-order valence-corrected chi connectivity index (χ2v) is 5.47. The zero-order chi connectivity index (χ0) is 15.4. The molecule has 0 radical (unpaired) electrons. The molecule has 0 aromatic heterocycles. The van der Waals surface area contributed by atoms with Gasteiger partial charge >= 0.3 is 0 Å². The van der Waals surface area contributed by atoms with Crippen LogP contribution in [-0.2, 0) is 4.79 Å². The molecule has 1 unspecified atom stereocenters. The molecule has 1 heterocycles. The van der Waals surface area contributed by atoms with Crippen molar-refractivity contribution in [3.05, 3.63) is 28.8 Å². The number of hydrogen-bond donors (Lipinski definition) is 3. The van der Waals surface area contributed by atoms with Gasteiger partial charge < -0.3 is 21.1 Å². The maximum Gasteiger partial charge on any atom is 0.256 e. The first-order valence-corrected chi connectivity index (χ1v) is 7.15. The molecule has 1 atom stereocenters. The number of amides is 2. The van der Waals surface area contributed by atoms with E-state index in [0.717, 1.165) is 19.4 Å². The van der Waals surface area contributed by atoms with Gasteiger partial charge in [-0.1, -0.05) is 11.6 Å². The highest BCUT2D eigenvalue weighted by Gasteiger charge is 2.28. The monoisotopic (exact) mass is 311 g/mol. The van der Waals surface area contributed by atoms with Gasteiger partial charge in [0, 0.05) is 12.6 Å². The SMILES string of the molecule is NC(=O)CN(C(=O)c1cc(O)ccc1Cl)C1CCCNC1. The summed E-state index contributed by atoms with van der Waals surface area (Å²) in [6, 6.07) is 4.04. The lowest BCUT2D eigenvalue weighted by Gasteiger charge is -2.34. The molecule has 1 aromatic carbocycles. The van der Waals surface area contributed by atoms with E-state index in [0.29, 0.717) is 6.54 Å². The molecule has 1 aliphatic heterocycles. The van der Waals surface area contributed by atoms with Crippen LogP contribution in [0.2, 0.25) is 5.02 Å².